The zero-order chi connectivity index (χ0) is 16.6. The predicted molar refractivity (Wildman–Crippen MR) is 82.5 cm³/mol. The number of amides is 1. The van der Waals surface area contributed by atoms with Gasteiger partial charge in [0.1, 0.15) is 17.5 Å². The summed E-state index contributed by atoms with van der Waals surface area (Å²) in [6.07, 6.45) is -0.352. The Labute approximate surface area is 137 Å². The van der Waals surface area contributed by atoms with E-state index in [2.05, 4.69) is 15.1 Å². The van der Waals surface area contributed by atoms with E-state index in [1.807, 2.05) is 26.8 Å². The van der Waals surface area contributed by atoms with Crippen LogP contribution in [0.4, 0.5) is 4.79 Å². The predicted octanol–water partition coefficient (Wildman–Crippen LogP) is 2.02. The molecule has 1 aliphatic rings. The van der Waals surface area contributed by atoms with Crippen LogP contribution >= 0.6 is 11.3 Å². The van der Waals surface area contributed by atoms with Crippen molar-refractivity contribution < 1.29 is 9.53 Å². The number of rotatable bonds is 1. The maximum Gasteiger partial charge on any atom is 0.410 e. The number of hydrogen-bond donors (Lipinski definition) is 0. The van der Waals surface area contributed by atoms with E-state index in [0.717, 1.165) is 0 Å². The summed E-state index contributed by atoms with van der Waals surface area (Å²) < 4.78 is 7.15. The molecule has 0 N–H and O–H groups in total. The van der Waals surface area contributed by atoms with Crippen LogP contribution in [0.25, 0.3) is 10.8 Å². The molecule has 0 aliphatic carbocycles. The molecule has 0 fully saturated rings. The summed E-state index contributed by atoms with van der Waals surface area (Å²) in [4.78, 5) is 22.4. The third-order valence-corrected chi connectivity index (χ3v) is 3.96. The van der Waals surface area contributed by atoms with Crippen LogP contribution in [0, 0.1) is 11.3 Å². The van der Waals surface area contributed by atoms with Crippen LogP contribution in [-0.4, -0.2) is 42.9 Å². The zero-order valence-electron chi connectivity index (χ0n) is 13.1. The Morgan fingerprint density at radius 3 is 2.83 bits per heavy atom. The Morgan fingerprint density at radius 2 is 2.17 bits per heavy atom. The van der Waals surface area contributed by atoms with Crippen LogP contribution in [-0.2, 0) is 17.8 Å². The molecule has 8 nitrogen and oxygen atoms in total. The minimum absolute atomic E-state index is 0.346. The van der Waals surface area contributed by atoms with Crippen molar-refractivity contribution in [1.82, 2.24) is 24.6 Å². The summed E-state index contributed by atoms with van der Waals surface area (Å²) >= 11 is 1.33. The normalized spacial score (nSPS) is 14.3. The Kier molecular flexibility index (Phi) is 3.77. The van der Waals surface area contributed by atoms with Crippen molar-refractivity contribution in [3.8, 4) is 16.9 Å². The molecule has 0 spiro atoms. The fourth-order valence-corrected chi connectivity index (χ4v) is 2.81. The van der Waals surface area contributed by atoms with Crippen molar-refractivity contribution in [2.75, 3.05) is 6.54 Å². The van der Waals surface area contributed by atoms with E-state index in [4.69, 9.17) is 10.00 Å². The number of aromatic nitrogens is 4. The third kappa shape index (κ3) is 3.32. The molecular weight excluding hydrogens is 316 g/mol. The van der Waals surface area contributed by atoms with Crippen molar-refractivity contribution in [3.63, 3.8) is 0 Å². The van der Waals surface area contributed by atoms with Crippen molar-refractivity contribution in [1.29, 1.82) is 5.26 Å². The molecule has 0 aromatic carbocycles. The van der Waals surface area contributed by atoms with Gasteiger partial charge in [0, 0.05) is 11.9 Å². The second-order valence-electron chi connectivity index (χ2n) is 6.13. The summed E-state index contributed by atoms with van der Waals surface area (Å²) in [6, 6.07) is 1.99. The number of thiazole rings is 1. The highest BCUT2D eigenvalue weighted by Crippen LogP contribution is 2.23. The van der Waals surface area contributed by atoms with Gasteiger partial charge in [-0.3, -0.25) is 4.90 Å². The summed E-state index contributed by atoms with van der Waals surface area (Å²) in [5.74, 6) is 1.17. The van der Waals surface area contributed by atoms with E-state index < -0.39 is 5.60 Å². The van der Waals surface area contributed by atoms with E-state index >= 15 is 0 Å². The molecule has 0 saturated carbocycles. The molecule has 2 aromatic heterocycles. The zero-order valence-corrected chi connectivity index (χ0v) is 13.9. The highest BCUT2D eigenvalue weighted by molar-refractivity contribution is 7.13. The molecule has 2 aromatic rings. The molecule has 1 aliphatic heterocycles. The topological polar surface area (TPSA) is 96.9 Å². The summed E-state index contributed by atoms with van der Waals surface area (Å²) in [5.41, 5.74) is -0.171. The monoisotopic (exact) mass is 332 g/mol. The highest BCUT2D eigenvalue weighted by Gasteiger charge is 2.28. The van der Waals surface area contributed by atoms with Crippen molar-refractivity contribution in [2.45, 2.75) is 39.5 Å². The highest BCUT2D eigenvalue weighted by atomic mass is 32.1. The van der Waals surface area contributed by atoms with Crippen molar-refractivity contribution in [3.05, 3.63) is 16.9 Å². The summed E-state index contributed by atoms with van der Waals surface area (Å²) in [6.45, 7) is 6.93. The Morgan fingerprint density at radius 1 is 1.39 bits per heavy atom. The molecule has 3 rings (SSSR count). The van der Waals surface area contributed by atoms with E-state index in [0.29, 0.717) is 42.0 Å². The average Bonchev–Trinajstić information content (AvgIpc) is 3.10. The number of nitrogens with zero attached hydrogens (tertiary/aromatic N) is 6. The molecule has 0 atom stereocenters. The van der Waals surface area contributed by atoms with E-state index in [1.54, 1.807) is 15.0 Å². The lowest BCUT2D eigenvalue weighted by molar-refractivity contribution is 0.0190. The lowest BCUT2D eigenvalue weighted by Crippen LogP contribution is -2.41. The maximum absolute atomic E-state index is 12.1. The number of ether oxygens (including phenoxy) is 1. The minimum atomic E-state index is -0.526. The van der Waals surface area contributed by atoms with Crippen LogP contribution in [0.1, 0.15) is 32.3 Å². The second-order valence-corrected chi connectivity index (χ2v) is 6.98. The molecule has 0 unspecified atom stereocenters. The number of carbonyl (C=O) groups is 1. The maximum atomic E-state index is 12.1. The lowest BCUT2D eigenvalue weighted by Gasteiger charge is -2.29. The van der Waals surface area contributed by atoms with Gasteiger partial charge in [0.25, 0.3) is 0 Å². The van der Waals surface area contributed by atoms with Gasteiger partial charge in [0.05, 0.1) is 13.1 Å². The quantitative estimate of drug-likeness (QED) is 0.792. The van der Waals surface area contributed by atoms with Crippen LogP contribution in [0.15, 0.2) is 5.38 Å². The molecular formula is C14H16N6O2S. The summed E-state index contributed by atoms with van der Waals surface area (Å²) in [5, 5.41) is 15.5. The van der Waals surface area contributed by atoms with Crippen LogP contribution in [0.5, 0.6) is 0 Å². The summed E-state index contributed by atoms with van der Waals surface area (Å²) in [7, 11) is 0. The molecule has 3 heterocycles. The molecule has 23 heavy (non-hydrogen) atoms. The molecule has 0 bridgehead atoms. The Balaban J connectivity index is 1.77. The first-order chi connectivity index (χ1) is 10.9. The smallest absolute Gasteiger partial charge is 0.410 e. The van der Waals surface area contributed by atoms with Gasteiger partial charge >= 0.3 is 6.09 Å². The van der Waals surface area contributed by atoms with Gasteiger partial charge < -0.3 is 4.74 Å². The van der Waals surface area contributed by atoms with Crippen LogP contribution in [0.2, 0.25) is 0 Å². The third-order valence-electron chi connectivity index (χ3n) is 3.12. The average molecular weight is 332 g/mol. The fraction of sp³-hybridized carbons (Fsp3) is 0.500. The van der Waals surface area contributed by atoms with Crippen LogP contribution < -0.4 is 0 Å². The fourth-order valence-electron chi connectivity index (χ4n) is 2.14. The minimum Gasteiger partial charge on any atom is -0.444 e. The van der Waals surface area contributed by atoms with E-state index in [1.165, 1.54) is 11.3 Å². The van der Waals surface area contributed by atoms with Crippen molar-refractivity contribution >= 4 is 17.4 Å². The van der Waals surface area contributed by atoms with Gasteiger partial charge in [-0.15, -0.1) is 16.4 Å². The molecule has 9 heteroatoms. The SMILES string of the molecule is CC(C)(C)OC(=O)N1CCn2nc(-c3nc(C#N)cs3)nc2C1. The van der Waals surface area contributed by atoms with Gasteiger partial charge in [-0.1, -0.05) is 0 Å². The first kappa shape index (κ1) is 15.4. The first-order valence-electron chi connectivity index (χ1n) is 7.13. The van der Waals surface area contributed by atoms with Gasteiger partial charge in [-0.25, -0.2) is 19.4 Å². The number of nitriles is 1. The number of carbonyl (C=O) groups excluding carboxylic acids is 1. The van der Waals surface area contributed by atoms with Gasteiger partial charge in [0.15, 0.2) is 10.7 Å². The van der Waals surface area contributed by atoms with Gasteiger partial charge in [-0.05, 0) is 20.8 Å². The number of fused-ring (bicyclic) bond motifs is 1. The van der Waals surface area contributed by atoms with Gasteiger partial charge in [0.2, 0.25) is 5.82 Å². The Hall–Kier alpha value is -2.47. The number of hydrogen-bond acceptors (Lipinski definition) is 7. The van der Waals surface area contributed by atoms with Crippen molar-refractivity contribution in [2.24, 2.45) is 0 Å². The molecule has 0 radical (unpaired) electrons. The van der Waals surface area contributed by atoms with Crippen LogP contribution in [0.3, 0.4) is 0 Å². The molecule has 0 saturated heterocycles. The largest absolute Gasteiger partial charge is 0.444 e. The second kappa shape index (κ2) is 5.62. The molecule has 1 amide bonds. The lowest BCUT2D eigenvalue weighted by atomic mass is 10.2. The molecule has 120 valence electrons. The first-order valence-corrected chi connectivity index (χ1v) is 8.01. The van der Waals surface area contributed by atoms with E-state index in [9.17, 15) is 4.79 Å². The Bertz CT molecular complexity index is 782. The van der Waals surface area contributed by atoms with Gasteiger partial charge in [-0.2, -0.15) is 5.26 Å². The standard InChI is InChI=1S/C14H16N6O2S/c1-14(2,3)22-13(21)19-4-5-20-10(7-19)17-11(18-20)12-16-9(6-15)8-23-12/h8H,4-5,7H2,1-3H3. The van der Waals surface area contributed by atoms with E-state index in [-0.39, 0.29) is 6.09 Å².